The van der Waals surface area contributed by atoms with E-state index in [-0.39, 0.29) is 11.5 Å². The third-order valence-corrected chi connectivity index (χ3v) is 8.04. The number of fused-ring (bicyclic) bond motifs is 1. The number of hydrogen-bond donors (Lipinski definition) is 0. The number of halogens is 1. The molecule has 0 aliphatic carbocycles. The fraction of sp³-hybridized carbons (Fsp3) is 0.692. The van der Waals surface area contributed by atoms with Crippen molar-refractivity contribution in [3.8, 4) is 0 Å². The predicted molar refractivity (Wildman–Crippen MR) is 80.2 cm³/mol. The molecule has 2 aliphatic heterocycles. The summed E-state index contributed by atoms with van der Waals surface area (Å²) in [5, 5.41) is -1.13. The van der Waals surface area contributed by atoms with Crippen LogP contribution in [0.1, 0.15) is 27.7 Å². The Balaban J connectivity index is 2.63. The Morgan fingerprint density at radius 3 is 2.29 bits per heavy atom. The number of Topliss-reactive ketones (excluding diaryl/α,β-unsaturated/α-hetero) is 1. The van der Waals surface area contributed by atoms with E-state index >= 15 is 0 Å². The van der Waals surface area contributed by atoms with Gasteiger partial charge in [-0.25, -0.2) is 8.42 Å². The molecule has 0 N–H and O–H groups in total. The first-order chi connectivity index (χ1) is 9.46. The predicted octanol–water partition coefficient (Wildman–Crippen LogP) is 1.21. The van der Waals surface area contributed by atoms with Crippen LogP contribution < -0.4 is 0 Å². The van der Waals surface area contributed by atoms with Crippen LogP contribution in [0.2, 0.25) is 0 Å². The first-order valence-corrected chi connectivity index (χ1v) is 8.97. The van der Waals surface area contributed by atoms with Crippen LogP contribution in [0.5, 0.6) is 0 Å². The maximum absolute atomic E-state index is 12.6. The molecule has 0 saturated carbocycles. The lowest BCUT2D eigenvalue weighted by Gasteiger charge is -2.50. The minimum absolute atomic E-state index is 0.169. The molecule has 1 amide bonds. The van der Waals surface area contributed by atoms with E-state index in [1.54, 1.807) is 27.7 Å². The Morgan fingerprint density at radius 2 is 1.86 bits per heavy atom. The number of rotatable bonds is 2. The SMILES string of the molecule is CO[C@H]1C(=O)N2C(C(=O)C(C)(C)C)=C(C)C(Br)S(=O)(=O)[C@@H]12. The molecule has 3 atom stereocenters. The molecule has 118 valence electrons. The normalized spacial score (nSPS) is 31.8. The number of alkyl halides is 1. The largest absolute Gasteiger partial charge is 0.368 e. The number of hydrogen-bond acceptors (Lipinski definition) is 5. The van der Waals surface area contributed by atoms with Crippen molar-refractivity contribution in [2.24, 2.45) is 5.41 Å². The quantitative estimate of drug-likeness (QED) is 0.531. The standard InChI is InChI=1S/C13H18BrNO5S/c1-6-7(9(16)13(2,3)4)15-11(17)8(20-5)12(15)21(18,19)10(6)14/h8,10,12H,1-5H3/t8-,10?,12-/m0/s1. The van der Waals surface area contributed by atoms with Crippen LogP contribution in [-0.2, 0) is 24.2 Å². The summed E-state index contributed by atoms with van der Waals surface area (Å²) in [5.41, 5.74) is -0.204. The van der Waals surface area contributed by atoms with Gasteiger partial charge in [0.05, 0.1) is 5.70 Å². The Kier molecular flexibility index (Phi) is 3.87. The number of sulfone groups is 1. The molecule has 2 rings (SSSR count). The van der Waals surface area contributed by atoms with Gasteiger partial charge in [-0.15, -0.1) is 0 Å². The van der Waals surface area contributed by atoms with Crippen molar-refractivity contribution in [1.82, 2.24) is 4.90 Å². The zero-order chi connectivity index (χ0) is 16.3. The van der Waals surface area contributed by atoms with E-state index in [0.717, 1.165) is 4.90 Å². The second kappa shape index (κ2) is 4.89. The third-order valence-electron chi connectivity index (χ3n) is 3.72. The second-order valence-corrected chi connectivity index (χ2v) is 9.93. The van der Waals surface area contributed by atoms with Gasteiger partial charge >= 0.3 is 0 Å². The van der Waals surface area contributed by atoms with Crippen LogP contribution >= 0.6 is 15.9 Å². The van der Waals surface area contributed by atoms with Gasteiger partial charge in [0.2, 0.25) is 0 Å². The highest BCUT2D eigenvalue weighted by molar-refractivity contribution is 9.11. The van der Waals surface area contributed by atoms with Crippen LogP contribution in [0.3, 0.4) is 0 Å². The number of ketones is 1. The Bertz CT molecular complexity index is 646. The Morgan fingerprint density at radius 1 is 1.33 bits per heavy atom. The summed E-state index contributed by atoms with van der Waals surface area (Å²) in [6.45, 7) is 6.75. The van der Waals surface area contributed by atoms with Crippen LogP contribution in [0, 0.1) is 5.41 Å². The lowest BCUT2D eigenvalue weighted by Crippen LogP contribution is -2.71. The van der Waals surface area contributed by atoms with Gasteiger partial charge in [0.1, 0.15) is 4.16 Å². The number of β-lactam (4-membered cyclic amide) rings is 1. The molecule has 2 aliphatic rings. The average molecular weight is 380 g/mol. The molecule has 8 heteroatoms. The topological polar surface area (TPSA) is 80.8 Å². The highest BCUT2D eigenvalue weighted by Gasteiger charge is 2.62. The van der Waals surface area contributed by atoms with E-state index in [1.165, 1.54) is 7.11 Å². The van der Waals surface area contributed by atoms with Crippen LogP contribution in [0.25, 0.3) is 0 Å². The number of methoxy groups -OCH3 is 1. The molecule has 0 spiro atoms. The maximum atomic E-state index is 12.6. The minimum atomic E-state index is -3.67. The maximum Gasteiger partial charge on any atom is 0.260 e. The lowest BCUT2D eigenvalue weighted by atomic mass is 9.86. The number of nitrogens with zero attached hydrogens (tertiary/aromatic N) is 1. The van der Waals surface area contributed by atoms with E-state index in [9.17, 15) is 18.0 Å². The summed E-state index contributed by atoms with van der Waals surface area (Å²) in [5.74, 6) is -0.746. The molecule has 0 radical (unpaired) electrons. The van der Waals surface area contributed by atoms with Crippen molar-refractivity contribution >= 4 is 37.5 Å². The molecule has 1 fully saturated rings. The fourth-order valence-electron chi connectivity index (χ4n) is 2.52. The van der Waals surface area contributed by atoms with Gasteiger partial charge in [-0.3, -0.25) is 14.5 Å². The number of allylic oxidation sites excluding steroid dienone is 1. The van der Waals surface area contributed by atoms with Gasteiger partial charge in [-0.1, -0.05) is 36.7 Å². The fourth-order valence-corrected chi connectivity index (χ4v) is 5.33. The third kappa shape index (κ3) is 2.19. The van der Waals surface area contributed by atoms with Crippen molar-refractivity contribution < 1.29 is 22.7 Å². The monoisotopic (exact) mass is 379 g/mol. The van der Waals surface area contributed by atoms with Gasteiger partial charge in [0, 0.05) is 12.5 Å². The van der Waals surface area contributed by atoms with Gasteiger partial charge in [0.25, 0.3) is 5.91 Å². The molecule has 2 heterocycles. The summed E-state index contributed by atoms with van der Waals surface area (Å²) in [4.78, 5) is 25.8. The van der Waals surface area contributed by atoms with Crippen LogP contribution in [0.4, 0.5) is 0 Å². The summed E-state index contributed by atoms with van der Waals surface area (Å²) in [6, 6.07) is 0. The first kappa shape index (κ1) is 16.6. The number of carbonyl (C=O) groups is 2. The number of amides is 1. The summed E-state index contributed by atoms with van der Waals surface area (Å²) >= 11 is 3.14. The smallest absolute Gasteiger partial charge is 0.260 e. The highest BCUT2D eigenvalue weighted by atomic mass is 79.9. The molecule has 1 saturated heterocycles. The highest BCUT2D eigenvalue weighted by Crippen LogP contribution is 2.44. The Hall–Kier alpha value is -0.730. The molecule has 0 bridgehead atoms. The second-order valence-electron chi connectivity index (χ2n) is 6.27. The van der Waals surface area contributed by atoms with Gasteiger partial charge < -0.3 is 4.74 Å². The van der Waals surface area contributed by atoms with Crippen molar-refractivity contribution in [1.29, 1.82) is 0 Å². The summed E-state index contributed by atoms with van der Waals surface area (Å²) in [6.07, 6.45) is -1.05. The van der Waals surface area contributed by atoms with E-state index in [4.69, 9.17) is 4.74 Å². The van der Waals surface area contributed by atoms with E-state index < -0.39 is 36.8 Å². The van der Waals surface area contributed by atoms with E-state index in [0.29, 0.717) is 5.57 Å². The molecule has 6 nitrogen and oxygen atoms in total. The molecular weight excluding hydrogens is 362 g/mol. The first-order valence-electron chi connectivity index (χ1n) is 6.44. The van der Waals surface area contributed by atoms with Crippen molar-refractivity contribution in [3.05, 3.63) is 11.3 Å². The van der Waals surface area contributed by atoms with Crippen molar-refractivity contribution in [2.45, 2.75) is 43.3 Å². The Labute approximate surface area is 132 Å². The van der Waals surface area contributed by atoms with Gasteiger partial charge in [-0.2, -0.15) is 0 Å². The molecular formula is C13H18BrNO5S. The van der Waals surface area contributed by atoms with E-state index in [2.05, 4.69) is 15.9 Å². The lowest BCUT2D eigenvalue weighted by molar-refractivity contribution is -0.161. The molecule has 21 heavy (non-hydrogen) atoms. The van der Waals surface area contributed by atoms with Gasteiger partial charge in [0.15, 0.2) is 27.1 Å². The van der Waals surface area contributed by atoms with Crippen molar-refractivity contribution in [2.75, 3.05) is 7.11 Å². The average Bonchev–Trinajstić information content (AvgIpc) is 2.36. The van der Waals surface area contributed by atoms with Crippen LogP contribution in [-0.4, -0.2) is 47.8 Å². The summed E-state index contributed by atoms with van der Waals surface area (Å²) < 4.78 is 28.9. The molecule has 0 aromatic heterocycles. The molecule has 1 unspecified atom stereocenters. The van der Waals surface area contributed by atoms with Crippen LogP contribution in [0.15, 0.2) is 11.3 Å². The zero-order valence-electron chi connectivity index (χ0n) is 12.5. The molecule has 0 aromatic carbocycles. The summed E-state index contributed by atoms with van der Waals surface area (Å²) in [7, 11) is -2.38. The van der Waals surface area contributed by atoms with Gasteiger partial charge in [-0.05, 0) is 12.5 Å². The minimum Gasteiger partial charge on any atom is -0.368 e. The van der Waals surface area contributed by atoms with E-state index in [1.807, 2.05) is 0 Å². The zero-order valence-corrected chi connectivity index (χ0v) is 14.9. The van der Waals surface area contributed by atoms with Crippen molar-refractivity contribution in [3.63, 3.8) is 0 Å². The number of ether oxygens (including phenoxy) is 1. The number of carbonyl (C=O) groups excluding carboxylic acids is 2. The molecule has 0 aromatic rings.